The molecule has 0 saturated carbocycles. The van der Waals surface area contributed by atoms with E-state index in [1.54, 1.807) is 6.21 Å². The Hall–Kier alpha value is -3.32. The molecule has 6 N–H and O–H groups in total. The second-order valence-corrected chi connectivity index (χ2v) is 6.81. The summed E-state index contributed by atoms with van der Waals surface area (Å²) in [6.07, 6.45) is -1.87. The number of aliphatic hydroxyl groups is 3. The fourth-order valence-corrected chi connectivity index (χ4v) is 3.37. The lowest BCUT2D eigenvalue weighted by Gasteiger charge is -2.18. The van der Waals surface area contributed by atoms with Crippen LogP contribution >= 0.6 is 0 Å². The topological polar surface area (TPSA) is 173 Å². The molecular weight excluding hydrogens is 406 g/mol. The van der Waals surface area contributed by atoms with Gasteiger partial charge in [-0.2, -0.15) is 5.10 Å². The van der Waals surface area contributed by atoms with E-state index in [1.165, 1.54) is 10.9 Å². The minimum absolute atomic E-state index is 0.129. The number of anilines is 2. The number of hydrogen-bond donors (Lipinski definition) is 5. The van der Waals surface area contributed by atoms with Crippen molar-refractivity contribution in [1.82, 2.24) is 19.5 Å². The number of para-hydroxylation sites is 1. The molecular formula is C19H23N7O5. The van der Waals surface area contributed by atoms with Crippen LogP contribution < -0.4 is 15.9 Å². The Labute approximate surface area is 177 Å². The van der Waals surface area contributed by atoms with Gasteiger partial charge in [-0.15, -0.1) is 0 Å². The first kappa shape index (κ1) is 20.9. The van der Waals surface area contributed by atoms with Crippen LogP contribution in [-0.2, 0) is 4.74 Å². The average molecular weight is 429 g/mol. The predicted octanol–water partition coefficient (Wildman–Crippen LogP) is -0.135. The quantitative estimate of drug-likeness (QED) is 0.251. The summed E-state index contributed by atoms with van der Waals surface area (Å²) < 4.78 is 12.6. The van der Waals surface area contributed by atoms with Crippen LogP contribution in [0.3, 0.4) is 0 Å². The smallest absolute Gasteiger partial charge is 0.228 e. The molecule has 0 bridgehead atoms. The van der Waals surface area contributed by atoms with Gasteiger partial charge in [0.15, 0.2) is 23.2 Å². The Kier molecular flexibility index (Phi) is 5.95. The molecule has 3 aromatic rings. The highest BCUT2D eigenvalue weighted by molar-refractivity contribution is 5.85. The fraction of sp³-hybridized carbons (Fsp3) is 0.368. The molecule has 1 saturated heterocycles. The van der Waals surface area contributed by atoms with Crippen molar-refractivity contribution in [3.05, 3.63) is 36.2 Å². The molecule has 0 amide bonds. The van der Waals surface area contributed by atoms with Gasteiger partial charge in [0.1, 0.15) is 30.4 Å². The molecule has 12 nitrogen and oxygen atoms in total. The number of ether oxygens (including phenoxy) is 2. The molecule has 0 unspecified atom stereocenters. The van der Waals surface area contributed by atoms with Crippen molar-refractivity contribution in [2.24, 2.45) is 5.10 Å². The molecule has 3 heterocycles. The molecule has 1 aliphatic rings. The lowest BCUT2D eigenvalue weighted by Crippen LogP contribution is -2.33. The van der Waals surface area contributed by atoms with Crippen LogP contribution in [0.4, 0.5) is 11.8 Å². The number of nitrogen functional groups attached to an aromatic ring is 1. The Morgan fingerprint density at radius 1 is 1.29 bits per heavy atom. The SMILES string of the molecule is CCOc1ccccc1/C=N/Nc1nc2c(N)ncnc2n1[C@@H]1O[C@H](CO)[C@@H](O)[C@@H]1O. The molecule has 1 aliphatic heterocycles. The summed E-state index contributed by atoms with van der Waals surface area (Å²) in [4.78, 5) is 12.5. The largest absolute Gasteiger partial charge is 0.493 e. The zero-order valence-corrected chi connectivity index (χ0v) is 16.7. The highest BCUT2D eigenvalue weighted by atomic mass is 16.6. The van der Waals surface area contributed by atoms with Gasteiger partial charge < -0.3 is 30.5 Å². The number of aliphatic hydroxyl groups excluding tert-OH is 3. The normalized spacial score (nSPS) is 23.6. The third kappa shape index (κ3) is 3.88. The molecule has 1 fully saturated rings. The van der Waals surface area contributed by atoms with Crippen molar-refractivity contribution in [3.63, 3.8) is 0 Å². The van der Waals surface area contributed by atoms with E-state index >= 15 is 0 Å². The number of aromatic nitrogens is 4. The predicted molar refractivity (Wildman–Crippen MR) is 112 cm³/mol. The molecule has 0 radical (unpaired) electrons. The Morgan fingerprint density at radius 2 is 2.10 bits per heavy atom. The molecule has 1 aromatic carbocycles. The minimum Gasteiger partial charge on any atom is -0.493 e. The van der Waals surface area contributed by atoms with Gasteiger partial charge in [-0.1, -0.05) is 12.1 Å². The summed E-state index contributed by atoms with van der Waals surface area (Å²) in [5, 5.41) is 34.3. The summed E-state index contributed by atoms with van der Waals surface area (Å²) in [6, 6.07) is 7.39. The number of hydrazone groups is 1. The Bertz CT molecular complexity index is 1090. The number of fused-ring (bicyclic) bond motifs is 1. The van der Waals surface area contributed by atoms with Crippen LogP contribution in [0, 0.1) is 0 Å². The second-order valence-electron chi connectivity index (χ2n) is 6.81. The third-order valence-corrected chi connectivity index (χ3v) is 4.86. The van der Waals surface area contributed by atoms with Gasteiger partial charge in [-0.05, 0) is 19.1 Å². The van der Waals surface area contributed by atoms with E-state index in [0.29, 0.717) is 12.4 Å². The van der Waals surface area contributed by atoms with E-state index in [4.69, 9.17) is 15.2 Å². The molecule has 4 atom stereocenters. The Morgan fingerprint density at radius 3 is 2.84 bits per heavy atom. The summed E-state index contributed by atoms with van der Waals surface area (Å²) in [7, 11) is 0. The van der Waals surface area contributed by atoms with Crippen LogP contribution in [0.2, 0.25) is 0 Å². The van der Waals surface area contributed by atoms with E-state index in [-0.39, 0.29) is 22.9 Å². The maximum Gasteiger partial charge on any atom is 0.228 e. The highest BCUT2D eigenvalue weighted by Gasteiger charge is 2.45. The fourth-order valence-electron chi connectivity index (χ4n) is 3.37. The van der Waals surface area contributed by atoms with E-state index < -0.39 is 31.1 Å². The van der Waals surface area contributed by atoms with E-state index in [1.807, 2.05) is 31.2 Å². The molecule has 12 heteroatoms. The van der Waals surface area contributed by atoms with E-state index in [2.05, 4.69) is 25.5 Å². The maximum atomic E-state index is 10.5. The van der Waals surface area contributed by atoms with Crippen LogP contribution in [-0.4, -0.2) is 72.6 Å². The summed E-state index contributed by atoms with van der Waals surface area (Å²) in [6.45, 7) is 1.94. The first-order valence-electron chi connectivity index (χ1n) is 9.66. The van der Waals surface area contributed by atoms with Gasteiger partial charge in [0.2, 0.25) is 5.95 Å². The molecule has 0 aliphatic carbocycles. The van der Waals surface area contributed by atoms with Crippen LogP contribution in [0.5, 0.6) is 5.75 Å². The van der Waals surface area contributed by atoms with Gasteiger partial charge in [-0.3, -0.25) is 4.57 Å². The first-order chi connectivity index (χ1) is 15.0. The van der Waals surface area contributed by atoms with Gasteiger partial charge in [0.25, 0.3) is 0 Å². The summed E-state index contributed by atoms with van der Waals surface area (Å²) in [5.74, 6) is 0.953. The number of nitrogens with two attached hydrogens (primary N) is 1. The van der Waals surface area contributed by atoms with Crippen molar-refractivity contribution in [1.29, 1.82) is 0 Å². The van der Waals surface area contributed by atoms with Crippen molar-refractivity contribution < 1.29 is 24.8 Å². The summed E-state index contributed by atoms with van der Waals surface area (Å²) in [5.41, 5.74) is 10.0. The highest BCUT2D eigenvalue weighted by Crippen LogP contribution is 2.35. The van der Waals surface area contributed by atoms with Crippen molar-refractivity contribution >= 4 is 29.1 Å². The van der Waals surface area contributed by atoms with Gasteiger partial charge in [0, 0.05) is 5.56 Å². The number of rotatable bonds is 7. The lowest BCUT2D eigenvalue weighted by molar-refractivity contribution is -0.0501. The zero-order valence-electron chi connectivity index (χ0n) is 16.7. The maximum absolute atomic E-state index is 10.5. The van der Waals surface area contributed by atoms with Crippen molar-refractivity contribution in [2.45, 2.75) is 31.5 Å². The summed E-state index contributed by atoms with van der Waals surface area (Å²) >= 11 is 0. The van der Waals surface area contributed by atoms with Crippen LogP contribution in [0.1, 0.15) is 18.7 Å². The standard InChI is InChI=1S/C19H23N7O5/c1-2-30-11-6-4-3-5-10(11)7-23-25-19-24-13-16(20)21-9-22-17(13)26(19)18-15(29)14(28)12(8-27)31-18/h3-7,9,12,14-15,18,27-29H,2,8H2,1H3,(H,24,25)(H2,20,21,22)/b23-7+/t12-,14-,15+,18-/m1/s1. The molecule has 2 aromatic heterocycles. The van der Waals surface area contributed by atoms with Crippen molar-refractivity contribution in [2.75, 3.05) is 24.4 Å². The van der Waals surface area contributed by atoms with Crippen molar-refractivity contribution in [3.8, 4) is 5.75 Å². The lowest BCUT2D eigenvalue weighted by atomic mass is 10.1. The minimum atomic E-state index is -1.34. The number of nitrogens with zero attached hydrogens (tertiary/aromatic N) is 5. The van der Waals surface area contributed by atoms with Crippen LogP contribution in [0.25, 0.3) is 11.2 Å². The van der Waals surface area contributed by atoms with Gasteiger partial charge >= 0.3 is 0 Å². The third-order valence-electron chi connectivity index (χ3n) is 4.86. The first-order valence-corrected chi connectivity index (χ1v) is 9.66. The second kappa shape index (κ2) is 8.81. The average Bonchev–Trinajstić information content (AvgIpc) is 3.27. The molecule has 4 rings (SSSR count). The van der Waals surface area contributed by atoms with Crippen LogP contribution in [0.15, 0.2) is 35.7 Å². The van der Waals surface area contributed by atoms with E-state index in [9.17, 15) is 15.3 Å². The monoisotopic (exact) mass is 429 g/mol. The molecule has 0 spiro atoms. The van der Waals surface area contributed by atoms with Gasteiger partial charge in [0.05, 0.1) is 19.4 Å². The Balaban J connectivity index is 1.70. The van der Waals surface area contributed by atoms with E-state index in [0.717, 1.165) is 5.56 Å². The zero-order chi connectivity index (χ0) is 22.0. The number of hydrogen-bond acceptors (Lipinski definition) is 11. The number of benzene rings is 1. The number of imidazole rings is 1. The number of nitrogens with one attached hydrogen (secondary N) is 1. The molecule has 31 heavy (non-hydrogen) atoms. The van der Waals surface area contributed by atoms with Gasteiger partial charge in [-0.25, -0.2) is 20.4 Å². The molecule has 164 valence electrons.